The zero-order chi connectivity index (χ0) is 27.2. The van der Waals surface area contributed by atoms with Gasteiger partial charge in [0.2, 0.25) is 11.7 Å². The first kappa shape index (κ1) is 26.7. The van der Waals surface area contributed by atoms with E-state index >= 15 is 0 Å². The van der Waals surface area contributed by atoms with Crippen molar-refractivity contribution in [2.75, 3.05) is 13.1 Å². The van der Waals surface area contributed by atoms with E-state index in [1.165, 1.54) is 0 Å². The summed E-state index contributed by atoms with van der Waals surface area (Å²) < 4.78 is 48.2. The molecule has 2 heterocycles. The zero-order valence-electron chi connectivity index (χ0n) is 20.7. The van der Waals surface area contributed by atoms with Gasteiger partial charge in [0.05, 0.1) is 12.5 Å². The van der Waals surface area contributed by atoms with E-state index in [9.17, 15) is 32.3 Å². The molecule has 0 spiro atoms. The Hall–Kier alpha value is -3.32. The molecule has 5 rings (SSSR count). The minimum Gasteiger partial charge on any atom is -0.442 e. The van der Waals surface area contributed by atoms with Crippen LogP contribution in [0.3, 0.4) is 0 Å². The standard InChI is InChI=1S/C23H30F3N5O6/c1-21(2,3)36-20(35)31(11-13-4-5-27-17(13)32)29-19(34)15(10-22-7-12(8-22)9-22)28-18(33)14-6-16(37-30-14)23(24,25)26/h6,12-13,15H,4-5,7-11H2,1-3H3,(H,27,32)(H,28,33)(H,29,34). The highest BCUT2D eigenvalue weighted by Crippen LogP contribution is 2.66. The topological polar surface area (TPSA) is 143 Å². The number of aromatic nitrogens is 1. The maximum Gasteiger partial charge on any atom is 0.452 e. The fourth-order valence-electron chi connectivity index (χ4n) is 5.03. The van der Waals surface area contributed by atoms with Crippen LogP contribution in [0, 0.1) is 17.3 Å². The van der Waals surface area contributed by atoms with Crippen LogP contribution in [-0.4, -0.2) is 58.7 Å². The fraction of sp³-hybridized carbons (Fsp3) is 0.696. The number of amides is 4. The van der Waals surface area contributed by atoms with Crippen molar-refractivity contribution < 1.29 is 41.6 Å². The highest BCUT2D eigenvalue weighted by molar-refractivity contribution is 5.96. The van der Waals surface area contributed by atoms with Crippen molar-refractivity contribution in [2.24, 2.45) is 17.3 Å². The molecule has 4 amide bonds. The normalized spacial score (nSPS) is 25.3. The lowest BCUT2D eigenvalue weighted by atomic mass is 9.43. The van der Waals surface area contributed by atoms with Crippen molar-refractivity contribution in [2.45, 2.75) is 70.7 Å². The largest absolute Gasteiger partial charge is 0.452 e. The number of ether oxygens (including phenoxy) is 1. The molecule has 3 aliphatic carbocycles. The Bertz CT molecular complexity index is 1060. The van der Waals surface area contributed by atoms with Crippen LogP contribution in [0.2, 0.25) is 0 Å². The van der Waals surface area contributed by atoms with Crippen LogP contribution in [0.25, 0.3) is 0 Å². The lowest BCUT2D eigenvalue weighted by Gasteiger charge is -2.63. The highest BCUT2D eigenvalue weighted by atomic mass is 19.4. The van der Waals surface area contributed by atoms with E-state index in [4.69, 9.17) is 4.74 Å². The van der Waals surface area contributed by atoms with Gasteiger partial charge < -0.3 is 19.9 Å². The summed E-state index contributed by atoms with van der Waals surface area (Å²) in [5.41, 5.74) is 0.794. The Morgan fingerprint density at radius 3 is 2.43 bits per heavy atom. The quantitative estimate of drug-likeness (QED) is 0.460. The third-order valence-electron chi connectivity index (χ3n) is 6.87. The molecule has 11 nitrogen and oxygen atoms in total. The number of nitrogens with one attached hydrogen (secondary N) is 3. The van der Waals surface area contributed by atoms with Crippen molar-refractivity contribution in [3.8, 4) is 0 Å². The average Bonchev–Trinajstić information content (AvgIpc) is 3.36. The third-order valence-corrected chi connectivity index (χ3v) is 6.87. The van der Waals surface area contributed by atoms with Crippen molar-refractivity contribution >= 4 is 23.8 Å². The number of carbonyl (C=O) groups is 4. The number of hydrogen-bond acceptors (Lipinski definition) is 7. The maximum absolute atomic E-state index is 13.3. The SMILES string of the molecule is CC(C)(C)OC(=O)N(CC1CCNC1=O)NC(=O)C(CC12CC(C1)C2)NC(=O)c1cc(C(F)(F)F)on1. The average molecular weight is 530 g/mol. The molecule has 204 valence electrons. The Labute approximate surface area is 210 Å². The van der Waals surface area contributed by atoms with Gasteiger partial charge in [0, 0.05) is 12.6 Å². The minimum atomic E-state index is -4.82. The molecule has 1 aliphatic heterocycles. The van der Waals surface area contributed by atoms with Gasteiger partial charge in [0.1, 0.15) is 11.6 Å². The van der Waals surface area contributed by atoms with E-state index in [1.807, 2.05) is 0 Å². The molecule has 4 fully saturated rings. The summed E-state index contributed by atoms with van der Waals surface area (Å²) in [5, 5.41) is 9.19. The molecule has 3 N–H and O–H groups in total. The summed E-state index contributed by atoms with van der Waals surface area (Å²) in [5.74, 6) is -3.50. The third kappa shape index (κ3) is 6.16. The van der Waals surface area contributed by atoms with E-state index in [0.717, 1.165) is 24.3 Å². The molecule has 0 aromatic carbocycles. The van der Waals surface area contributed by atoms with Crippen molar-refractivity contribution in [1.29, 1.82) is 0 Å². The second kappa shape index (κ2) is 9.53. The van der Waals surface area contributed by atoms with Crippen molar-refractivity contribution in [3.05, 3.63) is 17.5 Å². The first-order valence-corrected chi connectivity index (χ1v) is 12.1. The second-order valence-corrected chi connectivity index (χ2v) is 11.1. The Morgan fingerprint density at radius 1 is 1.27 bits per heavy atom. The number of rotatable bonds is 7. The second-order valence-electron chi connectivity index (χ2n) is 11.1. The van der Waals surface area contributed by atoms with Gasteiger partial charge in [-0.1, -0.05) is 5.16 Å². The summed E-state index contributed by atoms with van der Waals surface area (Å²) in [4.78, 5) is 51.0. The number of carbonyl (C=O) groups excluding carboxylic acids is 4. The summed E-state index contributed by atoms with van der Waals surface area (Å²) >= 11 is 0. The Kier molecular flexibility index (Phi) is 6.88. The van der Waals surface area contributed by atoms with Gasteiger partial charge in [-0.25, -0.2) is 9.80 Å². The molecule has 1 saturated heterocycles. The number of hydrogen-bond donors (Lipinski definition) is 3. The first-order valence-electron chi connectivity index (χ1n) is 12.1. The maximum atomic E-state index is 13.3. The van der Waals surface area contributed by atoms with Gasteiger partial charge in [-0.2, -0.15) is 13.2 Å². The van der Waals surface area contributed by atoms with Crippen molar-refractivity contribution in [3.63, 3.8) is 0 Å². The summed E-state index contributed by atoms with van der Waals surface area (Å²) in [6.07, 6.45) is -2.38. The molecule has 14 heteroatoms. The molecular weight excluding hydrogens is 499 g/mol. The molecule has 1 aromatic rings. The van der Waals surface area contributed by atoms with Gasteiger partial charge in [-0.05, 0) is 64.2 Å². The monoisotopic (exact) mass is 529 g/mol. The van der Waals surface area contributed by atoms with Gasteiger partial charge >= 0.3 is 12.3 Å². The van der Waals surface area contributed by atoms with Crippen LogP contribution in [0.5, 0.6) is 0 Å². The molecule has 0 radical (unpaired) electrons. The number of alkyl halides is 3. The van der Waals surface area contributed by atoms with E-state index < -0.39 is 53.1 Å². The minimum absolute atomic E-state index is 0.150. The number of hydrazine groups is 1. The molecule has 2 bridgehead atoms. The molecule has 2 atom stereocenters. The molecule has 2 unspecified atom stereocenters. The molecule has 37 heavy (non-hydrogen) atoms. The predicted octanol–water partition coefficient (Wildman–Crippen LogP) is 2.39. The van der Waals surface area contributed by atoms with Crippen LogP contribution in [0.15, 0.2) is 10.6 Å². The fourth-order valence-corrected chi connectivity index (χ4v) is 5.03. The van der Waals surface area contributed by atoms with Crippen LogP contribution in [-0.2, 0) is 20.5 Å². The van der Waals surface area contributed by atoms with E-state index in [1.54, 1.807) is 20.8 Å². The zero-order valence-corrected chi connectivity index (χ0v) is 20.7. The summed E-state index contributed by atoms with van der Waals surface area (Å²) in [6, 6.07) is -0.723. The molecule has 3 saturated carbocycles. The first-order chi connectivity index (χ1) is 17.1. The van der Waals surface area contributed by atoms with Crippen LogP contribution in [0.1, 0.15) is 69.1 Å². The lowest BCUT2D eigenvalue weighted by molar-refractivity contribution is -0.155. The van der Waals surface area contributed by atoms with Gasteiger partial charge in [0.25, 0.3) is 11.8 Å². The highest BCUT2D eigenvalue weighted by Gasteiger charge is 2.57. The summed E-state index contributed by atoms with van der Waals surface area (Å²) in [6.45, 7) is 5.21. The predicted molar refractivity (Wildman–Crippen MR) is 119 cm³/mol. The molecule has 4 aliphatic rings. The van der Waals surface area contributed by atoms with E-state index in [-0.39, 0.29) is 24.3 Å². The van der Waals surface area contributed by atoms with Gasteiger partial charge in [-0.3, -0.25) is 19.8 Å². The van der Waals surface area contributed by atoms with Crippen LogP contribution < -0.4 is 16.1 Å². The molecule has 1 aromatic heterocycles. The lowest BCUT2D eigenvalue weighted by Crippen LogP contribution is -2.60. The van der Waals surface area contributed by atoms with E-state index in [2.05, 4.69) is 25.7 Å². The van der Waals surface area contributed by atoms with E-state index in [0.29, 0.717) is 24.9 Å². The Morgan fingerprint density at radius 2 is 1.95 bits per heavy atom. The summed E-state index contributed by atoms with van der Waals surface area (Å²) in [7, 11) is 0. The van der Waals surface area contributed by atoms with Crippen molar-refractivity contribution in [1.82, 2.24) is 26.2 Å². The van der Waals surface area contributed by atoms with Crippen LogP contribution in [0.4, 0.5) is 18.0 Å². The van der Waals surface area contributed by atoms with Crippen LogP contribution >= 0.6 is 0 Å². The smallest absolute Gasteiger partial charge is 0.442 e. The van der Waals surface area contributed by atoms with Gasteiger partial charge in [-0.15, -0.1) is 0 Å². The Balaban J connectivity index is 1.50. The number of nitrogens with zero attached hydrogens (tertiary/aromatic N) is 2. The van der Waals surface area contributed by atoms with Gasteiger partial charge in [0.15, 0.2) is 5.69 Å². The number of halogens is 3. The molecular formula is C23H30F3N5O6.